The maximum Gasteiger partial charge on any atom is 0.257 e. The predicted octanol–water partition coefficient (Wildman–Crippen LogP) is 2.13. The topological polar surface area (TPSA) is 91.7 Å². The molecule has 7 heteroatoms. The van der Waals surface area contributed by atoms with Gasteiger partial charge in [-0.05, 0) is 43.2 Å². The van der Waals surface area contributed by atoms with Crippen LogP contribution in [0.3, 0.4) is 0 Å². The van der Waals surface area contributed by atoms with Crippen LogP contribution in [0.5, 0.6) is 0 Å². The van der Waals surface area contributed by atoms with Crippen molar-refractivity contribution in [3.8, 4) is 0 Å². The molecule has 0 radical (unpaired) electrons. The van der Waals surface area contributed by atoms with E-state index in [0.29, 0.717) is 42.7 Å². The van der Waals surface area contributed by atoms with Crippen molar-refractivity contribution >= 4 is 23.4 Å². The second-order valence-corrected chi connectivity index (χ2v) is 6.22. The van der Waals surface area contributed by atoms with Gasteiger partial charge in [0.2, 0.25) is 5.91 Å². The lowest BCUT2D eigenvalue weighted by Gasteiger charge is -2.31. The average molecular weight is 355 g/mol. The molecule has 3 amide bonds. The van der Waals surface area contributed by atoms with Crippen molar-refractivity contribution < 1.29 is 18.8 Å². The van der Waals surface area contributed by atoms with E-state index in [0.717, 1.165) is 0 Å². The van der Waals surface area contributed by atoms with Crippen LogP contribution in [0.1, 0.15) is 33.6 Å². The highest BCUT2D eigenvalue weighted by molar-refractivity contribution is 5.96. The number of carbonyl (C=O) groups excluding carboxylic acids is 3. The van der Waals surface area contributed by atoms with Gasteiger partial charge in [0.15, 0.2) is 0 Å². The Balaban J connectivity index is 1.52. The smallest absolute Gasteiger partial charge is 0.257 e. The predicted molar refractivity (Wildman–Crippen MR) is 95.8 cm³/mol. The molecule has 0 aliphatic carbocycles. The summed E-state index contributed by atoms with van der Waals surface area (Å²) in [4.78, 5) is 38.0. The molecule has 2 N–H and O–H groups in total. The number of nitrogens with zero attached hydrogens (tertiary/aromatic N) is 1. The van der Waals surface area contributed by atoms with Gasteiger partial charge in [-0.15, -0.1) is 0 Å². The molecule has 1 aromatic carbocycles. The van der Waals surface area contributed by atoms with Crippen molar-refractivity contribution in [3.63, 3.8) is 0 Å². The molecule has 0 saturated carbocycles. The SMILES string of the molecule is CNC(=O)c1ccc(NC(=O)C2CCN(C(=O)c3ccoc3)CC2)cc1. The highest BCUT2D eigenvalue weighted by Crippen LogP contribution is 2.21. The zero-order valence-corrected chi connectivity index (χ0v) is 14.5. The Bertz CT molecular complexity index is 776. The Morgan fingerprint density at radius 1 is 1.04 bits per heavy atom. The molecule has 136 valence electrons. The molecular weight excluding hydrogens is 334 g/mol. The van der Waals surface area contributed by atoms with Gasteiger partial charge in [-0.2, -0.15) is 0 Å². The van der Waals surface area contributed by atoms with Gasteiger partial charge in [0.05, 0.1) is 11.8 Å². The summed E-state index contributed by atoms with van der Waals surface area (Å²) >= 11 is 0. The first-order chi connectivity index (χ1) is 12.6. The summed E-state index contributed by atoms with van der Waals surface area (Å²) in [5.74, 6) is -0.435. The minimum atomic E-state index is -0.169. The second-order valence-electron chi connectivity index (χ2n) is 6.22. The fourth-order valence-electron chi connectivity index (χ4n) is 3.01. The number of piperidine rings is 1. The number of rotatable bonds is 4. The van der Waals surface area contributed by atoms with Crippen LogP contribution in [0.15, 0.2) is 47.3 Å². The monoisotopic (exact) mass is 355 g/mol. The molecule has 1 aliphatic heterocycles. The van der Waals surface area contributed by atoms with Crippen molar-refractivity contribution in [2.24, 2.45) is 5.92 Å². The third kappa shape index (κ3) is 3.93. The largest absolute Gasteiger partial charge is 0.472 e. The van der Waals surface area contributed by atoms with Crippen LogP contribution in [-0.4, -0.2) is 42.8 Å². The van der Waals surface area contributed by atoms with Gasteiger partial charge in [0.1, 0.15) is 6.26 Å². The standard InChI is InChI=1S/C19H21N3O4/c1-20-17(23)13-2-4-16(5-3-13)21-18(24)14-6-9-22(10-7-14)19(25)15-8-11-26-12-15/h2-5,8,11-12,14H,6-7,9-10H2,1H3,(H,20,23)(H,21,24). The minimum absolute atomic E-state index is 0.0619. The summed E-state index contributed by atoms with van der Waals surface area (Å²) < 4.78 is 4.95. The van der Waals surface area contributed by atoms with Gasteiger partial charge >= 0.3 is 0 Å². The molecule has 1 aliphatic rings. The summed E-state index contributed by atoms with van der Waals surface area (Å²) in [5.41, 5.74) is 1.72. The fraction of sp³-hybridized carbons (Fsp3) is 0.316. The first kappa shape index (κ1) is 17.7. The molecule has 0 spiro atoms. The summed E-state index contributed by atoms with van der Waals surface area (Å²) in [7, 11) is 1.57. The lowest BCUT2D eigenvalue weighted by atomic mass is 9.95. The molecule has 3 rings (SSSR count). The fourth-order valence-corrected chi connectivity index (χ4v) is 3.01. The third-order valence-electron chi connectivity index (χ3n) is 4.56. The van der Waals surface area contributed by atoms with Crippen LogP contribution in [0, 0.1) is 5.92 Å². The van der Waals surface area contributed by atoms with Crippen molar-refractivity contribution in [1.82, 2.24) is 10.2 Å². The Kier molecular flexibility index (Phi) is 5.36. The molecule has 7 nitrogen and oxygen atoms in total. The molecule has 26 heavy (non-hydrogen) atoms. The maximum absolute atomic E-state index is 12.4. The van der Waals surface area contributed by atoms with Crippen molar-refractivity contribution in [3.05, 3.63) is 54.0 Å². The van der Waals surface area contributed by atoms with E-state index in [4.69, 9.17) is 4.42 Å². The Morgan fingerprint density at radius 3 is 2.31 bits per heavy atom. The zero-order chi connectivity index (χ0) is 18.5. The van der Waals surface area contributed by atoms with E-state index in [-0.39, 0.29) is 23.6 Å². The first-order valence-electron chi connectivity index (χ1n) is 8.53. The lowest BCUT2D eigenvalue weighted by molar-refractivity contribution is -0.121. The Morgan fingerprint density at radius 2 is 1.73 bits per heavy atom. The van der Waals surface area contributed by atoms with E-state index < -0.39 is 0 Å². The van der Waals surface area contributed by atoms with Crippen LogP contribution >= 0.6 is 0 Å². The summed E-state index contributed by atoms with van der Waals surface area (Å²) in [5, 5.41) is 5.43. The highest BCUT2D eigenvalue weighted by atomic mass is 16.3. The molecule has 2 heterocycles. The molecule has 1 saturated heterocycles. The molecule has 1 aromatic heterocycles. The summed E-state index contributed by atoms with van der Waals surface area (Å²) in [6.45, 7) is 1.08. The lowest BCUT2D eigenvalue weighted by Crippen LogP contribution is -2.41. The number of hydrogen-bond acceptors (Lipinski definition) is 4. The molecule has 0 unspecified atom stereocenters. The van der Waals surface area contributed by atoms with Crippen LogP contribution < -0.4 is 10.6 Å². The quantitative estimate of drug-likeness (QED) is 0.879. The van der Waals surface area contributed by atoms with Crippen molar-refractivity contribution in [2.75, 3.05) is 25.5 Å². The molecule has 0 atom stereocenters. The Hall–Kier alpha value is -3.09. The van der Waals surface area contributed by atoms with Gasteiger partial charge in [-0.25, -0.2) is 0 Å². The van der Waals surface area contributed by atoms with Gasteiger partial charge in [-0.1, -0.05) is 0 Å². The number of likely N-dealkylation sites (tertiary alicyclic amines) is 1. The first-order valence-corrected chi connectivity index (χ1v) is 8.53. The highest BCUT2D eigenvalue weighted by Gasteiger charge is 2.28. The summed E-state index contributed by atoms with van der Waals surface area (Å²) in [6, 6.07) is 8.39. The van der Waals surface area contributed by atoms with E-state index in [1.165, 1.54) is 12.5 Å². The molecule has 0 bridgehead atoms. The maximum atomic E-state index is 12.4. The number of anilines is 1. The van der Waals surface area contributed by atoms with Crippen LogP contribution in [0.2, 0.25) is 0 Å². The molecule has 1 fully saturated rings. The van der Waals surface area contributed by atoms with Crippen LogP contribution in [0.4, 0.5) is 5.69 Å². The number of benzene rings is 1. The van der Waals surface area contributed by atoms with Crippen molar-refractivity contribution in [2.45, 2.75) is 12.8 Å². The normalized spacial score (nSPS) is 14.7. The van der Waals surface area contributed by atoms with E-state index in [2.05, 4.69) is 10.6 Å². The number of carbonyl (C=O) groups is 3. The van der Waals surface area contributed by atoms with E-state index in [1.54, 1.807) is 42.3 Å². The van der Waals surface area contributed by atoms with Gasteiger partial charge < -0.3 is 20.0 Å². The number of amides is 3. The number of nitrogens with one attached hydrogen (secondary N) is 2. The Labute approximate surface area is 151 Å². The molecule has 2 aromatic rings. The van der Waals surface area contributed by atoms with Crippen molar-refractivity contribution in [1.29, 1.82) is 0 Å². The second kappa shape index (κ2) is 7.86. The number of hydrogen-bond donors (Lipinski definition) is 2. The molecular formula is C19H21N3O4. The van der Waals surface area contributed by atoms with E-state index in [9.17, 15) is 14.4 Å². The van der Waals surface area contributed by atoms with Gasteiger partial charge in [0.25, 0.3) is 11.8 Å². The zero-order valence-electron chi connectivity index (χ0n) is 14.5. The third-order valence-corrected chi connectivity index (χ3v) is 4.56. The number of furan rings is 1. The van der Waals surface area contributed by atoms with Crippen LogP contribution in [-0.2, 0) is 4.79 Å². The van der Waals surface area contributed by atoms with E-state index in [1.807, 2.05) is 0 Å². The van der Waals surface area contributed by atoms with Crippen LogP contribution in [0.25, 0.3) is 0 Å². The summed E-state index contributed by atoms with van der Waals surface area (Å²) in [6.07, 6.45) is 4.14. The average Bonchev–Trinajstić information content (AvgIpc) is 3.22. The van der Waals surface area contributed by atoms with Gasteiger partial charge in [-0.3, -0.25) is 14.4 Å². The minimum Gasteiger partial charge on any atom is -0.472 e. The van der Waals surface area contributed by atoms with Gasteiger partial charge in [0, 0.05) is 37.3 Å². The van der Waals surface area contributed by atoms with E-state index >= 15 is 0 Å².